The lowest BCUT2D eigenvalue weighted by molar-refractivity contribution is 0.102. The molecule has 2 heterocycles. The number of carbonyl (C=O) groups is 1. The smallest absolute Gasteiger partial charge is 0.259 e. The number of nitrogens with one attached hydrogen (secondary N) is 1. The minimum absolute atomic E-state index is 0.172. The fourth-order valence-electron chi connectivity index (χ4n) is 2.37. The number of benzene rings is 1. The highest BCUT2D eigenvalue weighted by atomic mass is 79.9. The normalized spacial score (nSPS) is 11.2. The molecule has 0 aliphatic rings. The van der Waals surface area contributed by atoms with Crippen molar-refractivity contribution in [1.29, 1.82) is 0 Å². The Morgan fingerprint density at radius 3 is 2.67 bits per heavy atom. The second-order valence-corrected chi connectivity index (χ2v) is 7.55. The lowest BCUT2D eigenvalue weighted by Crippen LogP contribution is -2.14. The molecule has 0 atom stereocenters. The number of amides is 1. The minimum Gasteiger partial charge on any atom is -0.336 e. The average Bonchev–Trinajstić information content (AvgIpc) is 2.90. The van der Waals surface area contributed by atoms with Crippen LogP contribution in [-0.4, -0.2) is 16.0 Å². The monoisotopic (exact) mass is 451 g/mol. The summed E-state index contributed by atoms with van der Waals surface area (Å²) in [6.07, 6.45) is 0. The second kappa shape index (κ2) is 6.64. The summed E-state index contributed by atoms with van der Waals surface area (Å²) in [5.41, 5.74) is 3.02. The first kappa shape index (κ1) is 17.1. The van der Waals surface area contributed by atoms with Gasteiger partial charge in [-0.05, 0) is 53.0 Å². The summed E-state index contributed by atoms with van der Waals surface area (Å²) in [5, 5.41) is 7.51. The van der Waals surface area contributed by atoms with Crippen molar-refractivity contribution < 1.29 is 9.32 Å². The van der Waals surface area contributed by atoms with Crippen LogP contribution in [0.2, 0.25) is 0 Å². The molecule has 1 amide bonds. The Kier molecular flexibility index (Phi) is 4.73. The Morgan fingerprint density at radius 1 is 1.25 bits per heavy atom. The highest BCUT2D eigenvalue weighted by molar-refractivity contribution is 9.11. The van der Waals surface area contributed by atoms with E-state index in [1.54, 1.807) is 13.0 Å². The molecule has 0 unspecified atom stereocenters. The van der Waals surface area contributed by atoms with Gasteiger partial charge in [0, 0.05) is 14.6 Å². The summed E-state index contributed by atoms with van der Waals surface area (Å²) in [5.74, 6) is -0.0515. The topological polar surface area (TPSA) is 68.0 Å². The Hall–Kier alpha value is -1.73. The van der Waals surface area contributed by atoms with Gasteiger partial charge in [-0.1, -0.05) is 34.9 Å². The molecule has 0 saturated heterocycles. The molecular weight excluding hydrogens is 438 g/mol. The first-order valence-electron chi connectivity index (χ1n) is 7.40. The van der Waals surface area contributed by atoms with Gasteiger partial charge in [-0.25, -0.2) is 4.98 Å². The number of rotatable bonds is 3. The molecule has 1 N–H and O–H groups in total. The van der Waals surface area contributed by atoms with E-state index in [-0.39, 0.29) is 11.8 Å². The van der Waals surface area contributed by atoms with Gasteiger partial charge in [0.2, 0.25) is 0 Å². The van der Waals surface area contributed by atoms with Crippen molar-refractivity contribution in [3.05, 3.63) is 50.2 Å². The van der Waals surface area contributed by atoms with Crippen LogP contribution in [0.3, 0.4) is 0 Å². The van der Waals surface area contributed by atoms with Gasteiger partial charge >= 0.3 is 0 Å². The number of fused-ring (bicyclic) bond motifs is 1. The molecule has 0 bridgehead atoms. The van der Waals surface area contributed by atoms with Crippen molar-refractivity contribution in [3.63, 3.8) is 0 Å². The molecule has 24 heavy (non-hydrogen) atoms. The van der Waals surface area contributed by atoms with Crippen LogP contribution in [0, 0.1) is 6.92 Å². The highest BCUT2D eigenvalue weighted by Crippen LogP contribution is 2.29. The third kappa shape index (κ3) is 3.23. The van der Waals surface area contributed by atoms with E-state index in [1.165, 1.54) is 0 Å². The molecule has 0 aliphatic heterocycles. The maximum Gasteiger partial charge on any atom is 0.259 e. The Balaban J connectivity index is 2.06. The number of nitrogens with zero attached hydrogens (tertiary/aromatic N) is 2. The van der Waals surface area contributed by atoms with Gasteiger partial charge in [0.15, 0.2) is 0 Å². The maximum atomic E-state index is 12.8. The molecule has 0 saturated carbocycles. The molecule has 3 aromatic rings. The largest absolute Gasteiger partial charge is 0.336 e. The van der Waals surface area contributed by atoms with Gasteiger partial charge in [0.05, 0.1) is 22.3 Å². The van der Waals surface area contributed by atoms with E-state index in [4.69, 9.17) is 4.52 Å². The van der Waals surface area contributed by atoms with Crippen LogP contribution in [-0.2, 0) is 0 Å². The van der Waals surface area contributed by atoms with Gasteiger partial charge in [-0.2, -0.15) is 0 Å². The fraction of sp³-hybridized carbons (Fsp3) is 0.235. The predicted molar refractivity (Wildman–Crippen MR) is 100 cm³/mol. The zero-order valence-corrected chi connectivity index (χ0v) is 16.5. The van der Waals surface area contributed by atoms with E-state index >= 15 is 0 Å². The summed E-state index contributed by atoms with van der Waals surface area (Å²) < 4.78 is 6.98. The third-order valence-electron chi connectivity index (χ3n) is 3.65. The van der Waals surface area contributed by atoms with E-state index in [1.807, 2.05) is 32.0 Å². The second-order valence-electron chi connectivity index (χ2n) is 5.78. The van der Waals surface area contributed by atoms with E-state index in [9.17, 15) is 4.79 Å². The van der Waals surface area contributed by atoms with Crippen LogP contribution in [0.5, 0.6) is 0 Å². The van der Waals surface area contributed by atoms with Gasteiger partial charge in [0.1, 0.15) is 0 Å². The van der Waals surface area contributed by atoms with Crippen LogP contribution in [0.25, 0.3) is 11.1 Å². The molecular formula is C17H15Br2N3O2. The van der Waals surface area contributed by atoms with Crippen LogP contribution >= 0.6 is 31.9 Å². The summed E-state index contributed by atoms with van der Waals surface area (Å²) in [4.78, 5) is 17.3. The van der Waals surface area contributed by atoms with Gasteiger partial charge in [0.25, 0.3) is 11.6 Å². The van der Waals surface area contributed by atoms with Crippen LogP contribution in [0.15, 0.2) is 37.7 Å². The highest BCUT2D eigenvalue weighted by Gasteiger charge is 2.20. The SMILES string of the molecule is Cc1noc2nc(C(C)C)cc(C(=O)Nc3ccc(Br)cc3Br)c12. The lowest BCUT2D eigenvalue weighted by atomic mass is 10.0. The zero-order chi connectivity index (χ0) is 17.4. The average molecular weight is 453 g/mol. The number of aromatic nitrogens is 2. The number of pyridine rings is 1. The lowest BCUT2D eigenvalue weighted by Gasteiger charge is -2.11. The van der Waals surface area contributed by atoms with Crippen molar-refractivity contribution in [2.24, 2.45) is 0 Å². The number of hydrogen-bond acceptors (Lipinski definition) is 4. The first-order valence-corrected chi connectivity index (χ1v) is 8.98. The molecule has 0 radical (unpaired) electrons. The van der Waals surface area contributed by atoms with Crippen LogP contribution in [0.4, 0.5) is 5.69 Å². The van der Waals surface area contributed by atoms with Crippen molar-refractivity contribution in [3.8, 4) is 0 Å². The quantitative estimate of drug-likeness (QED) is 0.575. The van der Waals surface area contributed by atoms with E-state index < -0.39 is 0 Å². The molecule has 2 aromatic heterocycles. The first-order chi connectivity index (χ1) is 11.4. The molecule has 0 aliphatic carbocycles. The number of carbonyl (C=O) groups excluding carboxylic acids is 1. The number of anilines is 1. The number of halogens is 2. The molecule has 5 nitrogen and oxygen atoms in total. The molecule has 0 spiro atoms. The molecule has 1 aromatic carbocycles. The third-order valence-corrected chi connectivity index (χ3v) is 4.80. The fourth-order valence-corrected chi connectivity index (χ4v) is 3.52. The van der Waals surface area contributed by atoms with Crippen LogP contribution in [0.1, 0.15) is 41.5 Å². The molecule has 0 fully saturated rings. The van der Waals surface area contributed by atoms with Crippen LogP contribution < -0.4 is 5.32 Å². The maximum absolute atomic E-state index is 12.8. The van der Waals surface area contributed by atoms with Crippen molar-refractivity contribution >= 4 is 54.6 Å². The Labute approximate surface area is 156 Å². The van der Waals surface area contributed by atoms with Gasteiger partial charge in [-0.15, -0.1) is 0 Å². The van der Waals surface area contributed by atoms with Crippen molar-refractivity contribution in [2.45, 2.75) is 26.7 Å². The summed E-state index contributed by atoms with van der Waals surface area (Å²) in [6, 6.07) is 7.38. The van der Waals surface area contributed by atoms with Gasteiger partial charge in [-0.3, -0.25) is 4.79 Å². The summed E-state index contributed by atoms with van der Waals surface area (Å²) in [7, 11) is 0. The minimum atomic E-state index is -0.223. The van der Waals surface area contributed by atoms with Gasteiger partial charge < -0.3 is 9.84 Å². The summed E-state index contributed by atoms with van der Waals surface area (Å²) in [6.45, 7) is 5.84. The van der Waals surface area contributed by atoms with Crippen molar-refractivity contribution in [2.75, 3.05) is 5.32 Å². The predicted octanol–water partition coefficient (Wildman–Crippen LogP) is 5.43. The summed E-state index contributed by atoms with van der Waals surface area (Å²) >= 11 is 6.85. The van der Waals surface area contributed by atoms with Crippen molar-refractivity contribution in [1.82, 2.24) is 10.1 Å². The number of hydrogen-bond donors (Lipinski definition) is 1. The van der Waals surface area contributed by atoms with E-state index in [0.29, 0.717) is 28.0 Å². The van der Waals surface area contributed by atoms with E-state index in [2.05, 4.69) is 47.3 Å². The standard InChI is InChI=1S/C17H15Br2N3O2/c1-8(2)14-7-11(15-9(3)22-24-17(15)21-14)16(23)20-13-5-4-10(18)6-12(13)19/h4-8H,1-3H3,(H,20,23). The number of aryl methyl sites for hydroxylation is 1. The zero-order valence-electron chi connectivity index (χ0n) is 13.4. The van der Waals surface area contributed by atoms with E-state index in [0.717, 1.165) is 14.6 Å². The molecule has 3 rings (SSSR count). The Morgan fingerprint density at radius 2 is 2.00 bits per heavy atom. The molecule has 124 valence electrons. The molecule has 7 heteroatoms. The Bertz CT molecular complexity index is 935.